The van der Waals surface area contributed by atoms with Gasteiger partial charge in [0.15, 0.2) is 6.10 Å². The zero-order chi connectivity index (χ0) is 16.7. The van der Waals surface area contributed by atoms with Crippen LogP contribution in [-0.4, -0.2) is 25.1 Å². The van der Waals surface area contributed by atoms with Gasteiger partial charge in [0.2, 0.25) is 0 Å². The standard InChI is InChI=1S/C18H19NO4/c1-13(23-16-6-4-3-5-7-16)17(20)19-12-14-8-10-15(11-9-14)18(21)22-2/h3-11,13H,12H2,1-2H3,(H,19,20). The van der Waals surface area contributed by atoms with E-state index in [0.29, 0.717) is 17.9 Å². The van der Waals surface area contributed by atoms with E-state index in [1.165, 1.54) is 7.11 Å². The molecule has 0 radical (unpaired) electrons. The Balaban J connectivity index is 1.85. The largest absolute Gasteiger partial charge is 0.481 e. The summed E-state index contributed by atoms with van der Waals surface area (Å²) in [5, 5.41) is 2.80. The molecule has 0 aliphatic rings. The second-order valence-corrected chi connectivity index (χ2v) is 4.98. The van der Waals surface area contributed by atoms with Gasteiger partial charge in [0.25, 0.3) is 5.91 Å². The minimum Gasteiger partial charge on any atom is -0.481 e. The number of benzene rings is 2. The molecule has 23 heavy (non-hydrogen) atoms. The van der Waals surface area contributed by atoms with Crippen molar-refractivity contribution in [2.24, 2.45) is 0 Å². The van der Waals surface area contributed by atoms with Crippen molar-refractivity contribution in [2.75, 3.05) is 7.11 Å². The molecule has 2 aromatic rings. The molecular weight excluding hydrogens is 294 g/mol. The Hall–Kier alpha value is -2.82. The topological polar surface area (TPSA) is 64.6 Å². The van der Waals surface area contributed by atoms with Crippen molar-refractivity contribution in [3.8, 4) is 5.75 Å². The van der Waals surface area contributed by atoms with Crippen LogP contribution < -0.4 is 10.1 Å². The Labute approximate surface area is 135 Å². The third kappa shape index (κ3) is 4.85. The van der Waals surface area contributed by atoms with Gasteiger partial charge in [0.1, 0.15) is 5.75 Å². The van der Waals surface area contributed by atoms with Crippen LogP contribution in [-0.2, 0) is 16.1 Å². The van der Waals surface area contributed by atoms with Gasteiger partial charge in [-0.1, -0.05) is 30.3 Å². The van der Waals surface area contributed by atoms with Gasteiger partial charge in [-0.2, -0.15) is 0 Å². The molecule has 1 atom stereocenters. The number of ether oxygens (including phenoxy) is 2. The van der Waals surface area contributed by atoms with Crippen LogP contribution in [0.4, 0.5) is 0 Å². The molecule has 1 amide bonds. The van der Waals surface area contributed by atoms with E-state index in [9.17, 15) is 9.59 Å². The fourth-order valence-corrected chi connectivity index (χ4v) is 1.97. The SMILES string of the molecule is COC(=O)c1ccc(CNC(=O)C(C)Oc2ccccc2)cc1. The first-order valence-electron chi connectivity index (χ1n) is 7.27. The highest BCUT2D eigenvalue weighted by molar-refractivity contribution is 5.89. The lowest BCUT2D eigenvalue weighted by Gasteiger charge is -2.14. The third-order valence-corrected chi connectivity index (χ3v) is 3.27. The molecule has 0 fully saturated rings. The quantitative estimate of drug-likeness (QED) is 0.833. The number of amides is 1. The first-order valence-corrected chi connectivity index (χ1v) is 7.27. The maximum atomic E-state index is 12.0. The molecule has 2 aromatic carbocycles. The molecule has 0 saturated heterocycles. The summed E-state index contributed by atoms with van der Waals surface area (Å²) in [7, 11) is 1.34. The molecule has 0 spiro atoms. The molecule has 0 aliphatic heterocycles. The minimum atomic E-state index is -0.591. The van der Waals surface area contributed by atoms with Gasteiger partial charge < -0.3 is 14.8 Å². The summed E-state index contributed by atoms with van der Waals surface area (Å²) in [6.07, 6.45) is -0.591. The van der Waals surface area contributed by atoms with Crippen molar-refractivity contribution in [1.82, 2.24) is 5.32 Å². The second-order valence-electron chi connectivity index (χ2n) is 4.98. The predicted octanol–water partition coefficient (Wildman–Crippen LogP) is 2.56. The number of carbonyl (C=O) groups is 2. The number of esters is 1. The smallest absolute Gasteiger partial charge is 0.337 e. The lowest BCUT2D eigenvalue weighted by molar-refractivity contribution is -0.127. The summed E-state index contributed by atoms with van der Waals surface area (Å²) in [5.41, 5.74) is 1.36. The van der Waals surface area contributed by atoms with Crippen LogP contribution in [0.3, 0.4) is 0 Å². The fraction of sp³-hybridized carbons (Fsp3) is 0.222. The van der Waals surface area contributed by atoms with Crippen molar-refractivity contribution in [2.45, 2.75) is 19.6 Å². The van der Waals surface area contributed by atoms with E-state index in [1.54, 1.807) is 43.3 Å². The Bertz CT molecular complexity index is 652. The van der Waals surface area contributed by atoms with Gasteiger partial charge >= 0.3 is 5.97 Å². The summed E-state index contributed by atoms with van der Waals surface area (Å²) in [4.78, 5) is 23.4. The summed E-state index contributed by atoms with van der Waals surface area (Å²) < 4.78 is 10.2. The van der Waals surface area contributed by atoms with Gasteiger partial charge in [0, 0.05) is 6.54 Å². The van der Waals surface area contributed by atoms with Crippen LogP contribution in [0.5, 0.6) is 5.75 Å². The molecule has 120 valence electrons. The van der Waals surface area contributed by atoms with E-state index in [-0.39, 0.29) is 11.9 Å². The van der Waals surface area contributed by atoms with Crippen LogP contribution in [0.2, 0.25) is 0 Å². The van der Waals surface area contributed by atoms with Crippen molar-refractivity contribution in [1.29, 1.82) is 0 Å². The normalized spacial score (nSPS) is 11.4. The third-order valence-electron chi connectivity index (χ3n) is 3.27. The van der Waals surface area contributed by atoms with Gasteiger partial charge in [-0.05, 0) is 36.8 Å². The monoisotopic (exact) mass is 313 g/mol. The summed E-state index contributed by atoms with van der Waals surface area (Å²) in [6, 6.07) is 16.1. The second kappa shape index (κ2) is 7.98. The minimum absolute atomic E-state index is 0.203. The van der Waals surface area contributed by atoms with Gasteiger partial charge in [-0.3, -0.25) is 4.79 Å². The highest BCUT2D eigenvalue weighted by Gasteiger charge is 2.14. The highest BCUT2D eigenvalue weighted by Crippen LogP contribution is 2.11. The summed E-state index contributed by atoms with van der Waals surface area (Å²) >= 11 is 0. The Morgan fingerprint density at radius 2 is 1.70 bits per heavy atom. The van der Waals surface area contributed by atoms with E-state index in [0.717, 1.165) is 5.56 Å². The molecule has 0 aliphatic carbocycles. The number of methoxy groups -OCH3 is 1. The van der Waals surface area contributed by atoms with Gasteiger partial charge in [-0.15, -0.1) is 0 Å². The molecule has 5 heteroatoms. The van der Waals surface area contributed by atoms with Crippen molar-refractivity contribution in [3.63, 3.8) is 0 Å². The van der Waals surface area contributed by atoms with Crippen LogP contribution >= 0.6 is 0 Å². The van der Waals surface area contributed by atoms with E-state index < -0.39 is 6.10 Å². The highest BCUT2D eigenvalue weighted by atomic mass is 16.5. The molecule has 0 bridgehead atoms. The molecule has 2 rings (SSSR count). The lowest BCUT2D eigenvalue weighted by atomic mass is 10.1. The zero-order valence-electron chi connectivity index (χ0n) is 13.1. The maximum absolute atomic E-state index is 12.0. The lowest BCUT2D eigenvalue weighted by Crippen LogP contribution is -2.35. The van der Waals surface area contributed by atoms with E-state index in [1.807, 2.05) is 18.2 Å². The fourth-order valence-electron chi connectivity index (χ4n) is 1.97. The van der Waals surface area contributed by atoms with Gasteiger partial charge in [0.05, 0.1) is 12.7 Å². The van der Waals surface area contributed by atoms with E-state index in [4.69, 9.17) is 4.74 Å². The molecular formula is C18H19NO4. The Morgan fingerprint density at radius 3 is 2.30 bits per heavy atom. The molecule has 0 heterocycles. The van der Waals surface area contributed by atoms with Crippen LogP contribution in [0.25, 0.3) is 0 Å². The number of nitrogens with one attached hydrogen (secondary N) is 1. The zero-order valence-corrected chi connectivity index (χ0v) is 13.1. The predicted molar refractivity (Wildman–Crippen MR) is 86.2 cm³/mol. The van der Waals surface area contributed by atoms with Crippen molar-refractivity contribution >= 4 is 11.9 Å². The van der Waals surface area contributed by atoms with Crippen molar-refractivity contribution < 1.29 is 19.1 Å². The molecule has 0 saturated carbocycles. The molecule has 1 N–H and O–H groups in total. The van der Waals surface area contributed by atoms with Crippen LogP contribution in [0.1, 0.15) is 22.8 Å². The number of para-hydroxylation sites is 1. The van der Waals surface area contributed by atoms with Gasteiger partial charge in [-0.25, -0.2) is 4.79 Å². The molecule has 1 unspecified atom stereocenters. The first-order chi connectivity index (χ1) is 11.1. The Morgan fingerprint density at radius 1 is 1.04 bits per heavy atom. The first kappa shape index (κ1) is 16.5. The van der Waals surface area contributed by atoms with Crippen LogP contribution in [0.15, 0.2) is 54.6 Å². The summed E-state index contributed by atoms with van der Waals surface area (Å²) in [6.45, 7) is 2.06. The Kier molecular flexibility index (Phi) is 5.74. The average molecular weight is 313 g/mol. The maximum Gasteiger partial charge on any atom is 0.337 e. The van der Waals surface area contributed by atoms with Crippen LogP contribution in [0, 0.1) is 0 Å². The average Bonchev–Trinajstić information content (AvgIpc) is 2.60. The number of rotatable bonds is 6. The molecule has 5 nitrogen and oxygen atoms in total. The molecule has 0 aromatic heterocycles. The number of hydrogen-bond acceptors (Lipinski definition) is 4. The summed E-state index contributed by atoms with van der Waals surface area (Å²) in [5.74, 6) is 0.0638. The number of hydrogen-bond donors (Lipinski definition) is 1. The number of carbonyl (C=O) groups excluding carboxylic acids is 2. The van der Waals surface area contributed by atoms with E-state index in [2.05, 4.69) is 10.1 Å². The van der Waals surface area contributed by atoms with E-state index >= 15 is 0 Å². The van der Waals surface area contributed by atoms with Crippen molar-refractivity contribution in [3.05, 3.63) is 65.7 Å².